The van der Waals surface area contributed by atoms with E-state index in [1.165, 1.54) is 0 Å². The highest BCUT2D eigenvalue weighted by Gasteiger charge is 2.27. The van der Waals surface area contributed by atoms with Crippen molar-refractivity contribution in [2.75, 3.05) is 13.1 Å². The molecule has 0 aromatic heterocycles. The van der Waals surface area contributed by atoms with Gasteiger partial charge in [-0.3, -0.25) is 4.79 Å². The smallest absolute Gasteiger partial charge is 0.226 e. The van der Waals surface area contributed by atoms with Crippen molar-refractivity contribution >= 4 is 5.91 Å². The summed E-state index contributed by atoms with van der Waals surface area (Å²) >= 11 is 0. The molecule has 3 nitrogen and oxygen atoms in total. The first kappa shape index (κ1) is 10.7. The van der Waals surface area contributed by atoms with Crippen molar-refractivity contribution in [1.82, 2.24) is 4.90 Å². The molecule has 1 unspecified atom stereocenters. The quantitative estimate of drug-likeness (QED) is 0.660. The average molecular weight is 208 g/mol. The van der Waals surface area contributed by atoms with Gasteiger partial charge in [-0.05, 0) is 32.1 Å². The number of allylic oxidation sites excluding steroid dienone is 2. The minimum Gasteiger partial charge on any atom is -0.341 e. The van der Waals surface area contributed by atoms with Gasteiger partial charge in [-0.25, -0.2) is 0 Å². The van der Waals surface area contributed by atoms with Crippen molar-refractivity contribution < 1.29 is 4.79 Å². The largest absolute Gasteiger partial charge is 0.341 e. The molecule has 0 bridgehead atoms. The second-order valence-electron chi connectivity index (χ2n) is 4.67. The molecule has 2 rings (SSSR count). The Morgan fingerprint density at radius 3 is 2.87 bits per heavy atom. The average Bonchev–Trinajstić information content (AvgIpc) is 2.29. The monoisotopic (exact) mass is 208 g/mol. The Kier molecular flexibility index (Phi) is 3.41. The van der Waals surface area contributed by atoms with Gasteiger partial charge in [-0.15, -0.1) is 0 Å². The van der Waals surface area contributed by atoms with Crippen LogP contribution in [0.1, 0.15) is 32.1 Å². The fourth-order valence-electron chi connectivity index (χ4n) is 2.49. The Morgan fingerprint density at radius 1 is 1.33 bits per heavy atom. The van der Waals surface area contributed by atoms with Gasteiger partial charge in [0.25, 0.3) is 0 Å². The number of carbonyl (C=O) groups excluding carboxylic acids is 1. The van der Waals surface area contributed by atoms with Crippen molar-refractivity contribution in [2.24, 2.45) is 11.7 Å². The van der Waals surface area contributed by atoms with Crippen LogP contribution in [-0.2, 0) is 4.79 Å². The number of hydrogen-bond acceptors (Lipinski definition) is 2. The molecular formula is C12H20N2O. The third-order valence-corrected chi connectivity index (χ3v) is 3.39. The fraction of sp³-hybridized carbons (Fsp3) is 0.750. The topological polar surface area (TPSA) is 46.3 Å². The summed E-state index contributed by atoms with van der Waals surface area (Å²) in [5.74, 6) is 0.551. The number of piperidine rings is 1. The van der Waals surface area contributed by atoms with Crippen molar-refractivity contribution in [1.29, 1.82) is 0 Å². The molecule has 1 fully saturated rings. The molecule has 84 valence electrons. The maximum absolute atomic E-state index is 12.1. The van der Waals surface area contributed by atoms with Crippen LogP contribution >= 0.6 is 0 Å². The summed E-state index contributed by atoms with van der Waals surface area (Å²) in [5.41, 5.74) is 5.88. The molecule has 0 radical (unpaired) electrons. The fourth-order valence-corrected chi connectivity index (χ4v) is 2.49. The Balaban J connectivity index is 1.91. The highest BCUT2D eigenvalue weighted by Crippen LogP contribution is 2.22. The second kappa shape index (κ2) is 4.79. The van der Waals surface area contributed by atoms with E-state index in [2.05, 4.69) is 12.2 Å². The number of amides is 1. The van der Waals surface area contributed by atoms with E-state index in [0.29, 0.717) is 5.91 Å². The lowest BCUT2D eigenvalue weighted by atomic mass is 9.92. The van der Waals surface area contributed by atoms with Crippen molar-refractivity contribution in [3.8, 4) is 0 Å². The van der Waals surface area contributed by atoms with Crippen molar-refractivity contribution in [3.05, 3.63) is 12.2 Å². The predicted molar refractivity (Wildman–Crippen MR) is 60.3 cm³/mol. The molecule has 0 aromatic rings. The van der Waals surface area contributed by atoms with Crippen LogP contribution in [0.15, 0.2) is 12.2 Å². The summed E-state index contributed by atoms with van der Waals surface area (Å²) in [4.78, 5) is 14.1. The number of likely N-dealkylation sites (tertiary alicyclic amines) is 1. The molecule has 1 aliphatic carbocycles. The molecule has 15 heavy (non-hydrogen) atoms. The van der Waals surface area contributed by atoms with Gasteiger partial charge >= 0.3 is 0 Å². The van der Waals surface area contributed by atoms with E-state index < -0.39 is 0 Å². The summed E-state index contributed by atoms with van der Waals surface area (Å²) in [6, 6.07) is 0.196. The summed E-state index contributed by atoms with van der Waals surface area (Å²) in [6.07, 6.45) is 9.42. The van der Waals surface area contributed by atoms with E-state index >= 15 is 0 Å². The van der Waals surface area contributed by atoms with Gasteiger partial charge in [-0.1, -0.05) is 12.2 Å². The second-order valence-corrected chi connectivity index (χ2v) is 4.67. The van der Waals surface area contributed by atoms with E-state index in [0.717, 1.165) is 45.2 Å². The van der Waals surface area contributed by atoms with Gasteiger partial charge in [0.15, 0.2) is 0 Å². The van der Waals surface area contributed by atoms with Crippen molar-refractivity contribution in [3.63, 3.8) is 0 Å². The van der Waals surface area contributed by atoms with Gasteiger partial charge in [0.1, 0.15) is 0 Å². The molecule has 1 aliphatic heterocycles. The summed E-state index contributed by atoms with van der Waals surface area (Å²) in [5, 5.41) is 0. The molecule has 1 heterocycles. The predicted octanol–water partition coefficient (Wildman–Crippen LogP) is 1.29. The van der Waals surface area contributed by atoms with Crippen LogP contribution < -0.4 is 5.73 Å². The molecule has 2 aliphatic rings. The van der Waals surface area contributed by atoms with Crippen LogP contribution in [-0.4, -0.2) is 29.9 Å². The van der Waals surface area contributed by atoms with Gasteiger partial charge in [0.2, 0.25) is 5.91 Å². The number of rotatable bonds is 1. The highest BCUT2D eigenvalue weighted by atomic mass is 16.2. The van der Waals surface area contributed by atoms with Crippen LogP contribution in [0.3, 0.4) is 0 Å². The zero-order chi connectivity index (χ0) is 10.7. The first-order chi connectivity index (χ1) is 7.27. The summed E-state index contributed by atoms with van der Waals surface area (Å²) in [6.45, 7) is 1.67. The summed E-state index contributed by atoms with van der Waals surface area (Å²) in [7, 11) is 0. The van der Waals surface area contributed by atoms with E-state index in [4.69, 9.17) is 5.73 Å². The standard InChI is InChI=1S/C12H20N2O/c13-11-7-4-8-14(9-11)12(15)10-5-2-1-3-6-10/h1-2,10-11H,3-9,13H2/t10?,11-/m1/s1. The van der Waals surface area contributed by atoms with Crippen LogP contribution in [0.5, 0.6) is 0 Å². The lowest BCUT2D eigenvalue weighted by Gasteiger charge is -2.33. The van der Waals surface area contributed by atoms with Crippen LogP contribution in [0.4, 0.5) is 0 Å². The molecule has 1 amide bonds. The minimum atomic E-state index is 0.196. The Morgan fingerprint density at radius 2 is 2.20 bits per heavy atom. The zero-order valence-electron chi connectivity index (χ0n) is 9.19. The molecule has 2 atom stereocenters. The number of nitrogens with zero attached hydrogens (tertiary/aromatic N) is 1. The number of hydrogen-bond donors (Lipinski definition) is 1. The Labute approximate surface area is 91.3 Å². The van der Waals surface area contributed by atoms with E-state index in [1.807, 2.05) is 4.90 Å². The maximum atomic E-state index is 12.1. The Bertz CT molecular complexity index is 262. The van der Waals surface area contributed by atoms with E-state index in [9.17, 15) is 4.79 Å². The van der Waals surface area contributed by atoms with Gasteiger partial charge in [0.05, 0.1) is 0 Å². The third-order valence-electron chi connectivity index (χ3n) is 3.39. The van der Waals surface area contributed by atoms with Crippen molar-refractivity contribution in [2.45, 2.75) is 38.1 Å². The Hall–Kier alpha value is -0.830. The lowest BCUT2D eigenvalue weighted by molar-refractivity contribution is -0.137. The summed E-state index contributed by atoms with van der Waals surface area (Å²) < 4.78 is 0. The maximum Gasteiger partial charge on any atom is 0.226 e. The molecule has 0 saturated carbocycles. The van der Waals surface area contributed by atoms with Crippen LogP contribution in [0.2, 0.25) is 0 Å². The zero-order valence-corrected chi connectivity index (χ0v) is 9.19. The molecule has 0 spiro atoms. The third kappa shape index (κ3) is 2.59. The van der Waals surface area contributed by atoms with E-state index in [1.54, 1.807) is 0 Å². The molecule has 0 aromatic carbocycles. The lowest BCUT2D eigenvalue weighted by Crippen LogP contribution is -2.47. The number of nitrogens with two attached hydrogens (primary N) is 1. The minimum absolute atomic E-state index is 0.196. The van der Waals surface area contributed by atoms with Crippen LogP contribution in [0.25, 0.3) is 0 Å². The van der Waals surface area contributed by atoms with Gasteiger partial charge < -0.3 is 10.6 Å². The molecule has 1 saturated heterocycles. The first-order valence-electron chi connectivity index (χ1n) is 5.97. The van der Waals surface area contributed by atoms with Gasteiger partial charge in [-0.2, -0.15) is 0 Å². The normalized spacial score (nSPS) is 31.7. The van der Waals surface area contributed by atoms with Gasteiger partial charge in [0, 0.05) is 25.0 Å². The molecule has 3 heteroatoms. The first-order valence-corrected chi connectivity index (χ1v) is 5.97. The number of carbonyl (C=O) groups is 1. The molecular weight excluding hydrogens is 188 g/mol. The van der Waals surface area contributed by atoms with E-state index in [-0.39, 0.29) is 12.0 Å². The van der Waals surface area contributed by atoms with Crippen LogP contribution in [0, 0.1) is 5.92 Å². The molecule has 2 N–H and O–H groups in total. The SMILES string of the molecule is N[C@@H]1CCCN(C(=O)C2CC=CCC2)C1. The highest BCUT2D eigenvalue weighted by molar-refractivity contribution is 5.79.